The lowest BCUT2D eigenvalue weighted by atomic mass is 10.1. The number of benzene rings is 3. The van der Waals surface area contributed by atoms with Gasteiger partial charge < -0.3 is 15.2 Å². The Morgan fingerprint density at radius 2 is 1.53 bits per heavy atom. The summed E-state index contributed by atoms with van der Waals surface area (Å²) in [4.78, 5) is 51.5. The lowest BCUT2D eigenvalue weighted by Gasteiger charge is -2.08. The zero-order valence-electron chi connectivity index (χ0n) is 24.7. The molecule has 0 spiro atoms. The number of thiol groups is 1. The molecule has 4 rings (SSSR count). The second-order valence-electron chi connectivity index (χ2n) is 9.72. The van der Waals surface area contributed by atoms with Crippen LogP contribution in [0.25, 0.3) is 0 Å². The number of hydrogen-bond acceptors (Lipinski definition) is 9. The maximum Gasteiger partial charge on any atom is 0.336 e. The number of Topliss-reactive ketones (excluding diaryl/α,β-unsaturated/α-hetero) is 1. The van der Waals surface area contributed by atoms with Gasteiger partial charge in [-0.1, -0.05) is 58.1 Å². The van der Waals surface area contributed by atoms with Crippen LogP contribution in [0.4, 0.5) is 0 Å². The normalized spacial score (nSPS) is 10.4. The fraction of sp³-hybridized carbons (Fsp3) is 0.182. The number of halogens is 3. The van der Waals surface area contributed by atoms with Gasteiger partial charge in [-0.25, -0.2) is 4.79 Å². The van der Waals surface area contributed by atoms with Crippen molar-refractivity contribution in [2.45, 2.75) is 46.8 Å². The van der Waals surface area contributed by atoms with Gasteiger partial charge in [0.05, 0.1) is 16.0 Å². The molecule has 0 fully saturated rings. The van der Waals surface area contributed by atoms with Gasteiger partial charge in [0.15, 0.2) is 0 Å². The van der Waals surface area contributed by atoms with E-state index in [1.54, 1.807) is 54.9 Å². The molecular formula is C33H29Cl3N2O6S3. The molecule has 2 N–H and O–H groups in total. The number of carbonyl (C=O) groups excluding carboxylic acids is 3. The third-order valence-corrected chi connectivity index (χ3v) is 9.78. The molecule has 8 nitrogen and oxygen atoms in total. The Bertz CT molecular complexity index is 1700. The molecule has 0 atom stereocenters. The summed E-state index contributed by atoms with van der Waals surface area (Å²) in [5.74, 6) is -0.715. The Morgan fingerprint density at radius 3 is 2.21 bits per heavy atom. The monoisotopic (exact) mass is 750 g/mol. The fourth-order valence-electron chi connectivity index (χ4n) is 3.96. The Hall–Kier alpha value is -3.19. The van der Waals surface area contributed by atoms with Crippen molar-refractivity contribution in [2.75, 3.05) is 6.54 Å². The molecule has 14 heteroatoms. The number of hydrogen-bond donors (Lipinski definition) is 3. The standard InChI is InChI=1S/C19H21ClN2O2S.C14H8Cl2O4S2/c20-15-7-8-18(25)17(12-15)19(24)22-10-3-1-2-6-16(23)11-14-5-4-9-21-13-14;15-8-1-3-12(10(5-8)14(18)19)21-22-13-4-2-9(16)6-11(13)20-7-17/h4-5,7-9,12-13,25H,1-3,6,10-11H2,(H,22,24);1-7H,(H,18,19). The first kappa shape index (κ1) is 38.3. The molecule has 0 unspecified atom stereocenters. The van der Waals surface area contributed by atoms with Crippen molar-refractivity contribution in [1.82, 2.24) is 10.3 Å². The number of ketones is 1. The van der Waals surface area contributed by atoms with E-state index in [-0.39, 0.29) is 17.3 Å². The second-order valence-corrected chi connectivity index (χ2v) is 13.7. The molecule has 47 heavy (non-hydrogen) atoms. The van der Waals surface area contributed by atoms with Gasteiger partial charge >= 0.3 is 5.97 Å². The summed E-state index contributed by atoms with van der Waals surface area (Å²) in [6, 6.07) is 18.2. The molecular weight excluding hydrogens is 723 g/mol. The van der Waals surface area contributed by atoms with Crippen LogP contribution >= 0.6 is 69.0 Å². The predicted molar refractivity (Wildman–Crippen MR) is 191 cm³/mol. The summed E-state index contributed by atoms with van der Waals surface area (Å²) in [5.41, 5.74) is 1.53. The first-order chi connectivity index (χ1) is 22.6. The number of aromatic nitrogens is 1. The van der Waals surface area contributed by atoms with Crippen LogP contribution in [0.2, 0.25) is 15.1 Å². The number of carbonyl (C=O) groups is 4. The van der Waals surface area contributed by atoms with Crippen LogP contribution in [-0.2, 0) is 16.0 Å². The van der Waals surface area contributed by atoms with Crippen molar-refractivity contribution in [1.29, 1.82) is 0 Å². The number of carboxylic acids is 1. The largest absolute Gasteiger partial charge is 0.478 e. The fourth-order valence-corrected chi connectivity index (χ4v) is 6.94. The summed E-state index contributed by atoms with van der Waals surface area (Å²) in [7, 11) is 2.48. The van der Waals surface area contributed by atoms with Crippen molar-refractivity contribution < 1.29 is 29.0 Å². The number of amides is 1. The van der Waals surface area contributed by atoms with Gasteiger partial charge in [0.25, 0.3) is 12.4 Å². The van der Waals surface area contributed by atoms with Crippen LogP contribution < -0.4 is 10.1 Å². The average molecular weight is 752 g/mol. The van der Waals surface area contributed by atoms with Crippen LogP contribution in [0.1, 0.15) is 52.0 Å². The molecule has 0 bridgehead atoms. The highest BCUT2D eigenvalue weighted by molar-refractivity contribution is 8.76. The Kier molecular flexibility index (Phi) is 16.5. The smallest absolute Gasteiger partial charge is 0.336 e. The lowest BCUT2D eigenvalue weighted by molar-refractivity contribution is -0.121. The Balaban J connectivity index is 0.000000257. The quantitative estimate of drug-likeness (QED) is 0.0472. The van der Waals surface area contributed by atoms with Gasteiger partial charge in [-0.05, 0) is 83.8 Å². The molecule has 0 saturated carbocycles. The lowest BCUT2D eigenvalue weighted by Crippen LogP contribution is -2.24. The van der Waals surface area contributed by atoms with Gasteiger partial charge in [-0.2, -0.15) is 0 Å². The molecule has 4 aromatic rings. The minimum absolute atomic E-state index is 0.108. The average Bonchev–Trinajstić information content (AvgIpc) is 3.04. The minimum Gasteiger partial charge on any atom is -0.478 e. The molecule has 0 aliphatic heterocycles. The highest BCUT2D eigenvalue weighted by Gasteiger charge is 2.14. The SMILES string of the molecule is O=C(CCCCCNC(=O)c1cc(Cl)ccc1S)Cc1cccnc1.O=COc1cc(Cl)ccc1SSc1ccc(Cl)cc1C(=O)O. The Labute approximate surface area is 300 Å². The highest BCUT2D eigenvalue weighted by Crippen LogP contribution is 2.44. The van der Waals surface area contributed by atoms with E-state index in [1.807, 2.05) is 12.1 Å². The first-order valence-corrected chi connectivity index (χ1v) is 17.7. The molecule has 1 amide bonds. The molecule has 0 saturated heterocycles. The summed E-state index contributed by atoms with van der Waals surface area (Å²) < 4.78 is 4.87. The molecule has 3 aromatic carbocycles. The van der Waals surface area contributed by atoms with Gasteiger partial charge in [0.1, 0.15) is 11.5 Å². The number of carboxylic acid groups (broad SMARTS) is 1. The summed E-state index contributed by atoms with van der Waals surface area (Å²) in [5, 5.41) is 13.3. The first-order valence-electron chi connectivity index (χ1n) is 14.0. The van der Waals surface area contributed by atoms with Crippen molar-refractivity contribution in [3.05, 3.63) is 111 Å². The van der Waals surface area contributed by atoms with E-state index in [9.17, 15) is 24.3 Å². The van der Waals surface area contributed by atoms with Gasteiger partial charge in [0.2, 0.25) is 0 Å². The number of pyridine rings is 1. The molecule has 0 radical (unpaired) electrons. The maximum atomic E-state index is 12.1. The van der Waals surface area contributed by atoms with Crippen LogP contribution in [0.5, 0.6) is 5.75 Å². The van der Waals surface area contributed by atoms with E-state index in [0.717, 1.165) is 24.8 Å². The minimum atomic E-state index is -1.06. The predicted octanol–water partition coefficient (Wildman–Crippen LogP) is 9.15. The summed E-state index contributed by atoms with van der Waals surface area (Å²) in [6.45, 7) is 0.876. The molecule has 1 aromatic heterocycles. The van der Waals surface area contributed by atoms with E-state index < -0.39 is 5.97 Å². The van der Waals surface area contributed by atoms with Gasteiger partial charge in [-0.3, -0.25) is 19.4 Å². The van der Waals surface area contributed by atoms with Crippen LogP contribution in [0.3, 0.4) is 0 Å². The topological polar surface area (TPSA) is 123 Å². The molecule has 246 valence electrons. The van der Waals surface area contributed by atoms with E-state index in [4.69, 9.17) is 39.5 Å². The number of nitrogens with one attached hydrogen (secondary N) is 1. The third-order valence-electron chi connectivity index (χ3n) is 6.22. The molecule has 0 aliphatic carbocycles. The van der Waals surface area contributed by atoms with Crippen molar-refractivity contribution in [3.8, 4) is 5.75 Å². The molecule has 1 heterocycles. The number of rotatable bonds is 15. The van der Waals surface area contributed by atoms with Crippen LogP contribution in [0.15, 0.2) is 93.8 Å². The van der Waals surface area contributed by atoms with Crippen LogP contribution in [-0.4, -0.2) is 40.8 Å². The van der Waals surface area contributed by atoms with Crippen LogP contribution in [0, 0.1) is 0 Å². The third kappa shape index (κ3) is 13.4. The van der Waals surface area contributed by atoms with Gasteiger partial charge in [0, 0.05) is 62.7 Å². The van der Waals surface area contributed by atoms with E-state index in [1.165, 1.54) is 33.7 Å². The zero-order valence-corrected chi connectivity index (χ0v) is 29.5. The van der Waals surface area contributed by atoms with Crippen molar-refractivity contribution in [3.63, 3.8) is 0 Å². The number of nitrogens with zero attached hydrogens (tertiary/aromatic N) is 1. The second kappa shape index (κ2) is 20.2. The van der Waals surface area contributed by atoms with E-state index in [0.29, 0.717) is 66.9 Å². The highest BCUT2D eigenvalue weighted by atomic mass is 35.5. The number of ether oxygens (including phenoxy) is 1. The zero-order chi connectivity index (χ0) is 34.2. The van der Waals surface area contributed by atoms with E-state index in [2.05, 4.69) is 22.9 Å². The van der Waals surface area contributed by atoms with Crippen molar-refractivity contribution in [2.24, 2.45) is 0 Å². The maximum absolute atomic E-state index is 12.1. The van der Waals surface area contributed by atoms with Gasteiger partial charge in [-0.15, -0.1) is 12.6 Å². The summed E-state index contributed by atoms with van der Waals surface area (Å²) in [6.07, 6.45) is 6.95. The molecule has 0 aliphatic rings. The van der Waals surface area contributed by atoms with E-state index >= 15 is 0 Å². The van der Waals surface area contributed by atoms with Crippen molar-refractivity contribution >= 4 is 93.2 Å². The number of aromatic carboxylic acids is 1. The Morgan fingerprint density at radius 1 is 0.872 bits per heavy atom. The summed E-state index contributed by atoms with van der Waals surface area (Å²) >= 11 is 21.8. The number of unbranched alkanes of at least 4 members (excludes halogenated alkanes) is 2.